The van der Waals surface area contributed by atoms with Crippen LogP contribution >= 0.6 is 0 Å². The Labute approximate surface area is 158 Å². The van der Waals surface area contributed by atoms with E-state index >= 15 is 0 Å². The zero-order chi connectivity index (χ0) is 19.6. The lowest BCUT2D eigenvalue weighted by Gasteiger charge is -2.36. The molecule has 2 aliphatic carbocycles. The summed E-state index contributed by atoms with van der Waals surface area (Å²) < 4.78 is 11.1. The van der Waals surface area contributed by atoms with Crippen LogP contribution in [0.5, 0.6) is 11.5 Å². The molecule has 0 saturated carbocycles. The van der Waals surface area contributed by atoms with Crippen molar-refractivity contribution < 1.29 is 19.7 Å². The number of nitrogens with zero attached hydrogens (tertiary/aromatic N) is 1. The lowest BCUT2D eigenvalue weighted by Crippen LogP contribution is -2.33. The fourth-order valence-electron chi connectivity index (χ4n) is 4.43. The van der Waals surface area contributed by atoms with Crippen molar-refractivity contribution >= 4 is 5.57 Å². The van der Waals surface area contributed by atoms with E-state index in [2.05, 4.69) is 6.07 Å². The highest BCUT2D eigenvalue weighted by atomic mass is 16.5. The first kappa shape index (κ1) is 17.6. The van der Waals surface area contributed by atoms with Gasteiger partial charge in [-0.3, -0.25) is 0 Å². The van der Waals surface area contributed by atoms with Crippen LogP contribution < -0.4 is 9.47 Å². The summed E-state index contributed by atoms with van der Waals surface area (Å²) in [6.07, 6.45) is 0.0917. The molecule has 5 nitrogen and oxygen atoms in total. The zero-order valence-corrected chi connectivity index (χ0v) is 15.8. The normalized spacial score (nSPS) is 18.3. The van der Waals surface area contributed by atoms with Crippen molar-refractivity contribution in [2.45, 2.75) is 31.5 Å². The van der Waals surface area contributed by atoms with Crippen LogP contribution in [0.15, 0.2) is 35.9 Å². The van der Waals surface area contributed by atoms with E-state index in [0.717, 1.165) is 22.3 Å². The fourth-order valence-corrected chi connectivity index (χ4v) is 4.43. The van der Waals surface area contributed by atoms with Crippen molar-refractivity contribution in [2.24, 2.45) is 0 Å². The first-order chi connectivity index (χ1) is 12.8. The number of fused-ring (bicyclic) bond motifs is 4. The SMILES string of the molecule is COc1ccc2c(c1OC)C1=C(CC2(O)O)C(C)(C)c2cc(C#N)ccc21. The maximum atomic E-state index is 10.8. The number of hydrogen-bond donors (Lipinski definition) is 2. The van der Waals surface area contributed by atoms with Gasteiger partial charge in [-0.1, -0.05) is 19.9 Å². The summed E-state index contributed by atoms with van der Waals surface area (Å²) in [5.41, 5.74) is 5.00. The summed E-state index contributed by atoms with van der Waals surface area (Å²) >= 11 is 0. The third kappa shape index (κ3) is 2.24. The highest BCUT2D eigenvalue weighted by Crippen LogP contribution is 2.58. The lowest BCUT2D eigenvalue weighted by molar-refractivity contribution is -0.170. The molecule has 138 valence electrons. The van der Waals surface area contributed by atoms with Crippen molar-refractivity contribution in [3.05, 3.63) is 63.7 Å². The maximum Gasteiger partial charge on any atom is 0.194 e. The van der Waals surface area contributed by atoms with Crippen molar-refractivity contribution in [3.8, 4) is 17.6 Å². The van der Waals surface area contributed by atoms with E-state index in [0.29, 0.717) is 28.2 Å². The number of aliphatic hydroxyl groups is 2. The van der Waals surface area contributed by atoms with E-state index in [1.54, 1.807) is 32.4 Å². The molecule has 0 bridgehead atoms. The van der Waals surface area contributed by atoms with Crippen molar-refractivity contribution in [3.63, 3.8) is 0 Å². The Bertz CT molecular complexity index is 1040. The molecule has 2 aromatic rings. The smallest absolute Gasteiger partial charge is 0.194 e. The largest absolute Gasteiger partial charge is 0.493 e. The zero-order valence-electron chi connectivity index (χ0n) is 15.8. The average molecular weight is 363 g/mol. The Hall–Kier alpha value is -2.81. The number of benzene rings is 2. The number of methoxy groups -OCH3 is 2. The van der Waals surface area contributed by atoms with Crippen molar-refractivity contribution in [1.82, 2.24) is 0 Å². The third-order valence-corrected chi connectivity index (χ3v) is 5.80. The van der Waals surface area contributed by atoms with E-state index in [1.807, 2.05) is 26.0 Å². The Kier molecular flexibility index (Phi) is 3.64. The van der Waals surface area contributed by atoms with E-state index in [4.69, 9.17) is 9.47 Å². The molecular weight excluding hydrogens is 342 g/mol. The summed E-state index contributed by atoms with van der Waals surface area (Å²) in [5, 5.41) is 31.0. The Morgan fingerprint density at radius 3 is 2.41 bits per heavy atom. The molecule has 0 heterocycles. The van der Waals surface area contributed by atoms with E-state index in [1.165, 1.54) is 0 Å². The minimum atomic E-state index is -2.01. The van der Waals surface area contributed by atoms with E-state index in [-0.39, 0.29) is 6.42 Å². The molecule has 0 atom stereocenters. The predicted molar refractivity (Wildman–Crippen MR) is 100 cm³/mol. The molecule has 2 N–H and O–H groups in total. The number of hydrogen-bond acceptors (Lipinski definition) is 5. The van der Waals surface area contributed by atoms with Crippen LogP contribution in [0.25, 0.3) is 5.57 Å². The molecule has 0 amide bonds. The van der Waals surface area contributed by atoms with Crippen LogP contribution in [0.1, 0.15) is 48.1 Å². The number of nitriles is 1. The fraction of sp³-hybridized carbons (Fsp3) is 0.318. The van der Waals surface area contributed by atoms with Crippen LogP contribution in [-0.2, 0) is 11.2 Å². The Morgan fingerprint density at radius 1 is 1.04 bits per heavy atom. The topological polar surface area (TPSA) is 82.7 Å². The second-order valence-corrected chi connectivity index (χ2v) is 7.57. The molecule has 0 unspecified atom stereocenters. The molecule has 0 aromatic heterocycles. The summed E-state index contributed by atoms with van der Waals surface area (Å²) in [7, 11) is 3.10. The molecule has 0 saturated heterocycles. The number of rotatable bonds is 2. The van der Waals surface area contributed by atoms with Gasteiger partial charge in [-0.05, 0) is 46.5 Å². The van der Waals surface area contributed by atoms with Gasteiger partial charge in [-0.25, -0.2) is 0 Å². The molecular formula is C22H21NO4. The van der Waals surface area contributed by atoms with Crippen molar-refractivity contribution in [2.75, 3.05) is 14.2 Å². The second-order valence-electron chi connectivity index (χ2n) is 7.57. The minimum absolute atomic E-state index is 0.0917. The standard InChI is InChI=1S/C22H21NO4/c1-21(2)15-9-12(11-23)5-6-13(15)18-16(21)10-22(24,25)14-7-8-17(26-3)20(27-4)19(14)18/h5-9,24-25H,10H2,1-4H3. The summed E-state index contributed by atoms with van der Waals surface area (Å²) in [5.74, 6) is -1.01. The highest BCUT2D eigenvalue weighted by molar-refractivity contribution is 5.95. The number of ether oxygens (including phenoxy) is 2. The second kappa shape index (κ2) is 5.59. The molecule has 0 spiro atoms. The van der Waals surface area contributed by atoms with Crippen LogP contribution in [0.2, 0.25) is 0 Å². The average Bonchev–Trinajstić information content (AvgIpc) is 2.86. The first-order valence-electron chi connectivity index (χ1n) is 8.75. The predicted octanol–water partition coefficient (Wildman–Crippen LogP) is 3.21. The summed E-state index contributed by atoms with van der Waals surface area (Å²) in [6.45, 7) is 4.09. The summed E-state index contributed by atoms with van der Waals surface area (Å²) in [6, 6.07) is 11.2. The van der Waals surface area contributed by atoms with Crippen LogP contribution in [0.4, 0.5) is 0 Å². The molecule has 0 aliphatic heterocycles. The van der Waals surface area contributed by atoms with Gasteiger partial charge in [0, 0.05) is 23.0 Å². The van der Waals surface area contributed by atoms with Gasteiger partial charge >= 0.3 is 0 Å². The molecule has 5 heteroatoms. The monoisotopic (exact) mass is 363 g/mol. The van der Waals surface area contributed by atoms with E-state index < -0.39 is 11.2 Å². The van der Waals surface area contributed by atoms with Gasteiger partial charge in [0.15, 0.2) is 17.3 Å². The van der Waals surface area contributed by atoms with Crippen LogP contribution in [0, 0.1) is 11.3 Å². The van der Waals surface area contributed by atoms with Gasteiger partial charge in [0.1, 0.15) is 0 Å². The van der Waals surface area contributed by atoms with Gasteiger partial charge in [0.05, 0.1) is 25.9 Å². The molecule has 2 aromatic carbocycles. The third-order valence-electron chi connectivity index (χ3n) is 5.80. The molecule has 0 radical (unpaired) electrons. The highest BCUT2D eigenvalue weighted by Gasteiger charge is 2.48. The molecule has 4 rings (SSSR count). The Balaban J connectivity index is 2.12. The molecule has 27 heavy (non-hydrogen) atoms. The summed E-state index contributed by atoms with van der Waals surface area (Å²) in [4.78, 5) is 0. The van der Waals surface area contributed by atoms with Gasteiger partial charge in [0.2, 0.25) is 0 Å². The minimum Gasteiger partial charge on any atom is -0.493 e. The maximum absolute atomic E-state index is 10.8. The van der Waals surface area contributed by atoms with Crippen LogP contribution in [0.3, 0.4) is 0 Å². The molecule has 0 fully saturated rings. The Morgan fingerprint density at radius 2 is 1.78 bits per heavy atom. The van der Waals surface area contributed by atoms with Gasteiger partial charge in [-0.2, -0.15) is 5.26 Å². The van der Waals surface area contributed by atoms with Gasteiger partial charge in [0.25, 0.3) is 0 Å². The quantitative estimate of drug-likeness (QED) is 0.801. The first-order valence-corrected chi connectivity index (χ1v) is 8.75. The van der Waals surface area contributed by atoms with Gasteiger partial charge in [-0.15, -0.1) is 0 Å². The van der Waals surface area contributed by atoms with Crippen molar-refractivity contribution in [1.29, 1.82) is 5.26 Å². The molecule has 2 aliphatic rings. The van der Waals surface area contributed by atoms with Crippen LogP contribution in [-0.4, -0.2) is 24.4 Å². The van der Waals surface area contributed by atoms with Gasteiger partial charge < -0.3 is 19.7 Å². The van der Waals surface area contributed by atoms with E-state index in [9.17, 15) is 15.5 Å². The lowest BCUT2D eigenvalue weighted by atomic mass is 9.74.